The molecule has 13 heteroatoms. The number of hydrogen-bond acceptors (Lipinski definition) is 7. The monoisotopic (exact) mass is 650 g/mol. The van der Waals surface area contributed by atoms with E-state index in [0.29, 0.717) is 19.6 Å². The van der Waals surface area contributed by atoms with Crippen LogP contribution in [0, 0.1) is 41.4 Å². The van der Waals surface area contributed by atoms with E-state index < -0.39 is 62.7 Å². The highest BCUT2D eigenvalue weighted by Gasteiger charge is 2.49. The molecular weight excluding hydrogens is 622 g/mol. The highest BCUT2D eigenvalue weighted by Crippen LogP contribution is 2.43. The normalized spacial score (nSPS) is 25.2. The van der Waals surface area contributed by atoms with E-state index in [0.717, 1.165) is 37.6 Å². The average Bonchev–Trinajstić information content (AvgIpc) is 3.69. The van der Waals surface area contributed by atoms with Crippen molar-refractivity contribution in [2.24, 2.45) is 0 Å². The van der Waals surface area contributed by atoms with Crippen LogP contribution in [0.3, 0.4) is 0 Å². The van der Waals surface area contributed by atoms with Crippen LogP contribution in [0.2, 0.25) is 0 Å². The number of rotatable bonds is 5. The molecule has 1 aromatic heterocycles. The molecule has 3 N–H and O–H groups in total. The van der Waals surface area contributed by atoms with Gasteiger partial charge in [-0.05, 0) is 43.1 Å². The van der Waals surface area contributed by atoms with Crippen molar-refractivity contribution in [3.05, 3.63) is 65.0 Å². The zero-order valence-corrected chi connectivity index (χ0v) is 24.9. The number of alkyl halides is 1. The van der Waals surface area contributed by atoms with Crippen LogP contribution in [0.5, 0.6) is 6.01 Å². The van der Waals surface area contributed by atoms with Crippen molar-refractivity contribution < 1.29 is 31.1 Å². The van der Waals surface area contributed by atoms with Crippen LogP contribution in [-0.4, -0.2) is 71.4 Å². The number of fused-ring (bicyclic) bond motifs is 5. The van der Waals surface area contributed by atoms with Gasteiger partial charge in [0.1, 0.15) is 29.9 Å². The second-order valence-electron chi connectivity index (χ2n) is 12.8. The molecule has 3 fully saturated rings. The van der Waals surface area contributed by atoms with Crippen molar-refractivity contribution in [2.75, 3.05) is 43.4 Å². The zero-order chi connectivity index (χ0) is 32.8. The maximum absolute atomic E-state index is 16.8. The first-order chi connectivity index (χ1) is 22.6. The lowest BCUT2D eigenvalue weighted by Gasteiger charge is -2.35. The number of nitrogens with zero attached hydrogens (tertiary/aromatic N) is 4. The second kappa shape index (κ2) is 10.7. The van der Waals surface area contributed by atoms with Crippen molar-refractivity contribution in [3.63, 3.8) is 0 Å². The van der Waals surface area contributed by atoms with E-state index in [1.165, 1.54) is 0 Å². The Kier molecular flexibility index (Phi) is 6.82. The van der Waals surface area contributed by atoms with Crippen LogP contribution in [0.15, 0.2) is 30.4 Å². The number of terminal acetylenes is 1. The van der Waals surface area contributed by atoms with E-state index in [9.17, 15) is 13.2 Å². The minimum absolute atomic E-state index is 0.0194. The van der Waals surface area contributed by atoms with Gasteiger partial charge in [0.15, 0.2) is 23.3 Å². The summed E-state index contributed by atoms with van der Waals surface area (Å²) in [5.41, 5.74) is 3.13. The fraction of sp³-hybridized carbons (Fsp3) is 0.353. The molecule has 4 aromatic rings. The van der Waals surface area contributed by atoms with Gasteiger partial charge in [-0.3, -0.25) is 4.90 Å². The Bertz CT molecular complexity index is 2050. The molecule has 4 aliphatic rings. The summed E-state index contributed by atoms with van der Waals surface area (Å²) < 4.78 is 98.0. The molecule has 47 heavy (non-hydrogen) atoms. The maximum Gasteiger partial charge on any atom is 0.319 e. The lowest BCUT2D eigenvalue weighted by Crippen LogP contribution is -2.52. The summed E-state index contributed by atoms with van der Waals surface area (Å²) >= 11 is 0. The van der Waals surface area contributed by atoms with E-state index in [1.54, 1.807) is 0 Å². The molecule has 0 radical (unpaired) electrons. The van der Waals surface area contributed by atoms with Crippen LogP contribution in [0.1, 0.15) is 24.8 Å². The molecule has 3 aromatic carbocycles. The molecule has 8 rings (SSSR count). The smallest absolute Gasteiger partial charge is 0.319 e. The van der Waals surface area contributed by atoms with Crippen molar-refractivity contribution in [1.29, 1.82) is 0 Å². The van der Waals surface area contributed by atoms with Crippen LogP contribution >= 0.6 is 0 Å². The number of hydrogen-bond donors (Lipinski definition) is 2. The third-order valence-corrected chi connectivity index (χ3v) is 9.88. The Balaban J connectivity index is 1.32. The average molecular weight is 651 g/mol. The number of piperazine rings is 1. The number of aromatic nitrogens is 2. The number of nitrogens with two attached hydrogens (primary N) is 1. The highest BCUT2D eigenvalue weighted by atomic mass is 19.2. The van der Waals surface area contributed by atoms with Gasteiger partial charge < -0.3 is 20.7 Å². The summed E-state index contributed by atoms with van der Waals surface area (Å²) in [5, 5.41) is 2.49. The van der Waals surface area contributed by atoms with Gasteiger partial charge in [0.05, 0.1) is 16.7 Å². The number of ether oxygens (including phenoxy) is 1. The summed E-state index contributed by atoms with van der Waals surface area (Å²) in [6, 6.07) is 2.96. The summed E-state index contributed by atoms with van der Waals surface area (Å²) in [5.74, 6) is -5.18. The SMILES string of the molecule is C#Cc1c(F)c(F)c(F)c2cc(N)cc(-c3c(F)cc4c(N5CC6C=CC(C5)N6)nc(OC[C@@]56CCCN5C[C@H](F)C6)nc4c3F)c12. The Morgan fingerprint density at radius 3 is 2.49 bits per heavy atom. The minimum atomic E-state index is -1.83. The van der Waals surface area contributed by atoms with Gasteiger partial charge in [0.2, 0.25) is 0 Å². The fourth-order valence-electron chi connectivity index (χ4n) is 7.84. The van der Waals surface area contributed by atoms with Crippen LogP contribution < -0.4 is 20.7 Å². The molecule has 0 amide bonds. The number of nitrogens with one attached hydrogen (secondary N) is 1. The van der Waals surface area contributed by atoms with Crippen molar-refractivity contribution >= 4 is 33.2 Å². The van der Waals surface area contributed by atoms with Gasteiger partial charge in [-0.25, -0.2) is 26.3 Å². The first kappa shape index (κ1) is 29.8. The molecule has 2 unspecified atom stereocenters. The van der Waals surface area contributed by atoms with E-state index in [2.05, 4.69) is 20.2 Å². The van der Waals surface area contributed by atoms with E-state index in [4.69, 9.17) is 16.9 Å². The summed E-state index contributed by atoms with van der Waals surface area (Å²) in [4.78, 5) is 12.9. The third-order valence-electron chi connectivity index (χ3n) is 9.88. The van der Waals surface area contributed by atoms with E-state index >= 15 is 13.2 Å². The number of halogens is 6. The Morgan fingerprint density at radius 2 is 1.74 bits per heavy atom. The topological polar surface area (TPSA) is 79.5 Å². The van der Waals surface area contributed by atoms with Gasteiger partial charge in [0, 0.05) is 60.0 Å². The molecule has 4 aliphatic heterocycles. The molecule has 7 nitrogen and oxygen atoms in total. The second-order valence-corrected chi connectivity index (χ2v) is 12.8. The standard InChI is InChI=1S/C34H28F6N6O/c1-2-20-25-21(8-17(41)9-22(25)28(38)30(40)27(20)37)26-24(36)10-23-31(29(26)39)43-33(44-32(23)45-13-18-4-5-19(14-45)42-18)47-15-34-6-3-7-46(34)12-16(35)11-34/h1,4-5,8-10,16,18-19,42H,3,6-7,11-15,41H2/t16-,18?,19?,34+/m1/s1. The van der Waals surface area contributed by atoms with Gasteiger partial charge >= 0.3 is 6.01 Å². The Hall–Kier alpha value is -4.54. The van der Waals surface area contributed by atoms with Crippen LogP contribution in [0.4, 0.5) is 37.8 Å². The molecule has 5 heterocycles. The fourth-order valence-corrected chi connectivity index (χ4v) is 7.84. The van der Waals surface area contributed by atoms with Crippen LogP contribution in [0.25, 0.3) is 32.8 Å². The minimum Gasteiger partial charge on any atom is -0.461 e. The largest absolute Gasteiger partial charge is 0.461 e. The van der Waals surface area contributed by atoms with Crippen molar-refractivity contribution in [1.82, 2.24) is 20.2 Å². The van der Waals surface area contributed by atoms with E-state index in [-0.39, 0.29) is 59.1 Å². The number of anilines is 2. The summed E-state index contributed by atoms with van der Waals surface area (Å²) in [6.45, 7) is 2.00. The molecule has 4 atom stereocenters. The molecule has 3 saturated heterocycles. The van der Waals surface area contributed by atoms with Crippen molar-refractivity contribution in [3.8, 4) is 29.5 Å². The zero-order valence-electron chi connectivity index (χ0n) is 24.9. The third kappa shape index (κ3) is 4.60. The maximum atomic E-state index is 16.8. The molecule has 0 saturated carbocycles. The molecular formula is C34H28F6N6O. The first-order valence-electron chi connectivity index (χ1n) is 15.3. The lowest BCUT2D eigenvalue weighted by molar-refractivity contribution is 0.107. The predicted molar refractivity (Wildman–Crippen MR) is 165 cm³/mol. The van der Waals surface area contributed by atoms with Gasteiger partial charge in [-0.1, -0.05) is 18.1 Å². The molecule has 2 bridgehead atoms. The number of nitrogen functional groups attached to an aromatic ring is 1. The van der Waals surface area contributed by atoms with Gasteiger partial charge in [-0.2, -0.15) is 9.97 Å². The Labute approximate surface area is 265 Å². The lowest BCUT2D eigenvalue weighted by atomic mass is 9.91. The highest BCUT2D eigenvalue weighted by molar-refractivity contribution is 6.05. The molecule has 0 spiro atoms. The predicted octanol–water partition coefficient (Wildman–Crippen LogP) is 5.38. The summed E-state index contributed by atoms with van der Waals surface area (Å²) in [6.07, 6.45) is 10.4. The van der Waals surface area contributed by atoms with Crippen LogP contribution in [-0.2, 0) is 0 Å². The van der Waals surface area contributed by atoms with Gasteiger partial charge in [0.25, 0.3) is 0 Å². The molecule has 0 aliphatic carbocycles. The van der Waals surface area contributed by atoms with E-state index in [1.807, 2.05) is 23.0 Å². The number of benzene rings is 3. The first-order valence-corrected chi connectivity index (χ1v) is 15.3. The van der Waals surface area contributed by atoms with Crippen molar-refractivity contribution in [2.45, 2.75) is 43.1 Å². The Morgan fingerprint density at radius 1 is 0.979 bits per heavy atom. The molecule has 242 valence electrons. The van der Waals surface area contributed by atoms with Gasteiger partial charge in [-0.15, -0.1) is 6.42 Å². The quantitative estimate of drug-likeness (QED) is 0.0988. The summed E-state index contributed by atoms with van der Waals surface area (Å²) in [7, 11) is 0.